The number of rotatable bonds is 4. The zero-order valence-corrected chi connectivity index (χ0v) is 14.1. The van der Waals surface area contributed by atoms with Gasteiger partial charge in [0.2, 0.25) is 10.0 Å². The van der Waals surface area contributed by atoms with Crippen molar-refractivity contribution in [1.29, 1.82) is 0 Å². The van der Waals surface area contributed by atoms with Crippen molar-refractivity contribution < 1.29 is 18.3 Å². The normalized spacial score (nSPS) is 26.7. The summed E-state index contributed by atoms with van der Waals surface area (Å²) in [5, 5.41) is 8.98. The highest BCUT2D eigenvalue weighted by atomic mass is 32.2. The summed E-state index contributed by atoms with van der Waals surface area (Å²) >= 11 is 0.994. The van der Waals surface area contributed by atoms with Gasteiger partial charge in [-0.05, 0) is 31.2 Å². The third kappa shape index (κ3) is 3.46. The lowest BCUT2D eigenvalue weighted by molar-refractivity contribution is 0.0702. The second-order valence-corrected chi connectivity index (χ2v) is 8.77. The number of carbonyl (C=O) groups is 1. The van der Waals surface area contributed by atoms with Crippen LogP contribution in [0.4, 0.5) is 0 Å². The molecule has 1 aliphatic carbocycles. The van der Waals surface area contributed by atoms with Crippen molar-refractivity contribution in [3.63, 3.8) is 0 Å². The number of sulfonamides is 1. The molecule has 1 aliphatic rings. The van der Waals surface area contributed by atoms with Gasteiger partial charge in [-0.3, -0.25) is 0 Å². The third-order valence-corrected chi connectivity index (χ3v) is 7.17. The molecule has 1 heterocycles. The molecular formula is C14H21NO4S2. The molecule has 0 saturated heterocycles. The fourth-order valence-electron chi connectivity index (χ4n) is 2.85. The highest BCUT2D eigenvalue weighted by Gasteiger charge is 2.32. The SMILES string of the molecule is Cc1sc(C(=O)O)cc1S(=O)(=O)NC1CCCC(C)C1C. The van der Waals surface area contributed by atoms with Gasteiger partial charge in [0.25, 0.3) is 0 Å². The van der Waals surface area contributed by atoms with Crippen LogP contribution < -0.4 is 4.72 Å². The van der Waals surface area contributed by atoms with Crippen LogP contribution in [-0.2, 0) is 10.0 Å². The van der Waals surface area contributed by atoms with E-state index in [1.807, 2.05) is 0 Å². The van der Waals surface area contributed by atoms with Gasteiger partial charge < -0.3 is 5.11 Å². The number of carboxylic acids is 1. The van der Waals surface area contributed by atoms with E-state index in [0.717, 1.165) is 30.6 Å². The molecular weight excluding hydrogens is 310 g/mol. The lowest BCUT2D eigenvalue weighted by atomic mass is 9.78. The maximum Gasteiger partial charge on any atom is 0.345 e. The van der Waals surface area contributed by atoms with Crippen molar-refractivity contribution in [3.05, 3.63) is 15.8 Å². The van der Waals surface area contributed by atoms with Crippen molar-refractivity contribution in [3.8, 4) is 0 Å². The third-order valence-electron chi connectivity index (χ3n) is 4.39. The summed E-state index contributed by atoms with van der Waals surface area (Å²) in [6.07, 6.45) is 2.97. The van der Waals surface area contributed by atoms with Crippen LogP contribution >= 0.6 is 11.3 Å². The van der Waals surface area contributed by atoms with Crippen LogP contribution in [0.1, 0.15) is 47.7 Å². The summed E-state index contributed by atoms with van der Waals surface area (Å²) in [5.41, 5.74) is 0. The molecule has 21 heavy (non-hydrogen) atoms. The van der Waals surface area contributed by atoms with Crippen LogP contribution in [0.15, 0.2) is 11.0 Å². The van der Waals surface area contributed by atoms with Gasteiger partial charge >= 0.3 is 5.97 Å². The van der Waals surface area contributed by atoms with Gasteiger partial charge in [0.05, 0.1) is 4.90 Å². The summed E-state index contributed by atoms with van der Waals surface area (Å²) in [6.45, 7) is 5.85. The lowest BCUT2D eigenvalue weighted by Crippen LogP contribution is -2.43. The smallest absolute Gasteiger partial charge is 0.345 e. The fraction of sp³-hybridized carbons (Fsp3) is 0.643. The van der Waals surface area contributed by atoms with Crippen LogP contribution in [0.5, 0.6) is 0 Å². The van der Waals surface area contributed by atoms with E-state index < -0.39 is 16.0 Å². The maximum atomic E-state index is 12.5. The van der Waals surface area contributed by atoms with E-state index in [-0.39, 0.29) is 21.7 Å². The second kappa shape index (κ2) is 6.06. The predicted octanol–water partition coefficient (Wildman–Crippen LogP) is 2.86. The first-order valence-corrected chi connectivity index (χ1v) is 9.38. The predicted molar refractivity (Wildman–Crippen MR) is 82.3 cm³/mol. The van der Waals surface area contributed by atoms with E-state index >= 15 is 0 Å². The number of aromatic carboxylic acids is 1. The first kappa shape index (κ1) is 16.5. The Labute approximate surface area is 129 Å². The van der Waals surface area contributed by atoms with Crippen LogP contribution in [0, 0.1) is 18.8 Å². The van der Waals surface area contributed by atoms with Crippen molar-refractivity contribution in [2.45, 2.75) is 51.0 Å². The Morgan fingerprint density at radius 2 is 2.05 bits per heavy atom. The molecule has 0 aromatic carbocycles. The van der Waals surface area contributed by atoms with Gasteiger partial charge in [0, 0.05) is 10.9 Å². The maximum absolute atomic E-state index is 12.5. The molecule has 0 spiro atoms. The minimum absolute atomic E-state index is 0.0536. The Kier molecular flexibility index (Phi) is 4.75. The van der Waals surface area contributed by atoms with E-state index in [4.69, 9.17) is 5.11 Å². The van der Waals surface area contributed by atoms with Gasteiger partial charge in [-0.1, -0.05) is 26.7 Å². The molecule has 1 fully saturated rings. The minimum atomic E-state index is -3.66. The fourth-order valence-corrected chi connectivity index (χ4v) is 5.64. The highest BCUT2D eigenvalue weighted by Crippen LogP contribution is 2.32. The summed E-state index contributed by atoms with van der Waals surface area (Å²) in [4.78, 5) is 11.6. The van der Waals surface area contributed by atoms with Gasteiger partial charge in [-0.25, -0.2) is 17.9 Å². The van der Waals surface area contributed by atoms with Crippen molar-refractivity contribution in [1.82, 2.24) is 4.72 Å². The number of hydrogen-bond acceptors (Lipinski definition) is 4. The monoisotopic (exact) mass is 331 g/mol. The van der Waals surface area contributed by atoms with Crippen LogP contribution in [0.3, 0.4) is 0 Å². The van der Waals surface area contributed by atoms with Gasteiger partial charge in [0.1, 0.15) is 4.88 Å². The van der Waals surface area contributed by atoms with Crippen LogP contribution in [0.25, 0.3) is 0 Å². The molecule has 0 radical (unpaired) electrons. The largest absolute Gasteiger partial charge is 0.477 e. The summed E-state index contributed by atoms with van der Waals surface area (Å²) in [7, 11) is -3.66. The van der Waals surface area contributed by atoms with Crippen LogP contribution in [0.2, 0.25) is 0 Å². The number of carboxylic acid groups (broad SMARTS) is 1. The van der Waals surface area contributed by atoms with E-state index in [0.29, 0.717) is 10.8 Å². The van der Waals surface area contributed by atoms with Gasteiger partial charge in [-0.2, -0.15) is 0 Å². The lowest BCUT2D eigenvalue weighted by Gasteiger charge is -2.34. The molecule has 118 valence electrons. The summed E-state index contributed by atoms with van der Waals surface area (Å²) in [6, 6.07) is 1.17. The number of thiophene rings is 1. The van der Waals surface area contributed by atoms with Gasteiger partial charge in [-0.15, -0.1) is 11.3 Å². The molecule has 3 atom stereocenters. The molecule has 0 bridgehead atoms. The molecule has 1 saturated carbocycles. The van der Waals surface area contributed by atoms with E-state index in [2.05, 4.69) is 18.6 Å². The van der Waals surface area contributed by atoms with Crippen molar-refractivity contribution in [2.24, 2.45) is 11.8 Å². The summed E-state index contributed by atoms with van der Waals surface area (Å²) < 4.78 is 27.8. The highest BCUT2D eigenvalue weighted by molar-refractivity contribution is 7.89. The Bertz CT molecular complexity index is 635. The van der Waals surface area contributed by atoms with E-state index in [1.54, 1.807) is 6.92 Å². The molecule has 1 aromatic heterocycles. The Morgan fingerprint density at radius 3 is 2.62 bits per heavy atom. The average molecular weight is 331 g/mol. The van der Waals surface area contributed by atoms with Crippen molar-refractivity contribution >= 4 is 27.3 Å². The average Bonchev–Trinajstić information content (AvgIpc) is 2.78. The molecule has 2 N–H and O–H groups in total. The molecule has 3 unspecified atom stereocenters. The first-order valence-electron chi connectivity index (χ1n) is 7.08. The minimum Gasteiger partial charge on any atom is -0.477 e. The molecule has 2 rings (SSSR count). The first-order chi connectivity index (χ1) is 9.72. The van der Waals surface area contributed by atoms with Crippen molar-refractivity contribution in [2.75, 3.05) is 0 Å². The zero-order valence-electron chi connectivity index (χ0n) is 12.4. The number of aryl methyl sites for hydroxylation is 1. The topological polar surface area (TPSA) is 83.5 Å². The molecule has 7 heteroatoms. The number of hydrogen-bond donors (Lipinski definition) is 2. The zero-order chi connectivity index (χ0) is 15.8. The van der Waals surface area contributed by atoms with Crippen LogP contribution in [-0.4, -0.2) is 25.5 Å². The Morgan fingerprint density at radius 1 is 1.38 bits per heavy atom. The number of nitrogens with one attached hydrogen (secondary N) is 1. The Hall–Kier alpha value is -0.920. The Balaban J connectivity index is 2.24. The quantitative estimate of drug-likeness (QED) is 0.888. The molecule has 0 amide bonds. The molecule has 0 aliphatic heterocycles. The van der Waals surface area contributed by atoms with E-state index in [9.17, 15) is 13.2 Å². The summed E-state index contributed by atoms with van der Waals surface area (Å²) in [5.74, 6) is -0.319. The second-order valence-electron chi connectivity index (χ2n) is 5.83. The van der Waals surface area contributed by atoms with E-state index in [1.165, 1.54) is 6.07 Å². The molecule has 1 aromatic rings. The molecule has 5 nitrogen and oxygen atoms in total. The standard InChI is InChI=1S/C14H21NO4S2/c1-8-5-4-6-11(9(8)2)15-21(18,19)13-7-12(14(16)17)20-10(13)3/h7-9,11,15H,4-6H2,1-3H3,(H,16,17). The van der Waals surface area contributed by atoms with Gasteiger partial charge in [0.15, 0.2) is 0 Å².